The summed E-state index contributed by atoms with van der Waals surface area (Å²) in [4.78, 5) is 13.2. The number of rotatable bonds is 4. The highest BCUT2D eigenvalue weighted by Crippen LogP contribution is 2.45. The third-order valence-corrected chi connectivity index (χ3v) is 5.79. The maximum atomic E-state index is 13.2. The summed E-state index contributed by atoms with van der Waals surface area (Å²) in [6.45, 7) is 0. The van der Waals surface area contributed by atoms with Gasteiger partial charge in [-0.1, -0.05) is 78.9 Å². The number of nitriles is 1. The Hall–Kier alpha value is -4.56. The lowest BCUT2D eigenvalue weighted by atomic mass is 9.82. The molecule has 0 spiro atoms. The molecule has 160 valence electrons. The molecule has 5 nitrogen and oxygen atoms in total. The maximum Gasteiger partial charge on any atom is 0.261 e. The van der Waals surface area contributed by atoms with Crippen molar-refractivity contribution in [1.29, 1.82) is 5.26 Å². The van der Waals surface area contributed by atoms with Gasteiger partial charge in [0.15, 0.2) is 0 Å². The number of ether oxygens (including phenoxy) is 2. The van der Waals surface area contributed by atoms with Gasteiger partial charge >= 0.3 is 0 Å². The fraction of sp³-hybridized carbons (Fsp3) is 0.0714. The Bertz CT molecular complexity index is 1430. The number of hydrogen-bond acceptors (Lipinski definition) is 4. The van der Waals surface area contributed by atoms with E-state index in [1.165, 1.54) is 7.11 Å². The molecule has 1 aliphatic heterocycles. The molecule has 0 fully saturated rings. The smallest absolute Gasteiger partial charge is 0.261 e. The van der Waals surface area contributed by atoms with Gasteiger partial charge in [-0.25, -0.2) is 0 Å². The van der Waals surface area contributed by atoms with Crippen LogP contribution < -0.4 is 14.8 Å². The fourth-order valence-electron chi connectivity index (χ4n) is 4.25. The normalized spacial score (nSPS) is 14.7. The molecule has 1 atom stereocenters. The van der Waals surface area contributed by atoms with Crippen molar-refractivity contribution in [3.05, 3.63) is 119 Å². The highest BCUT2D eigenvalue weighted by molar-refractivity contribution is 5.98. The van der Waals surface area contributed by atoms with Crippen molar-refractivity contribution in [3.8, 4) is 17.6 Å². The predicted octanol–water partition coefficient (Wildman–Crippen LogP) is 5.54. The minimum Gasteiger partial charge on any atom is -0.496 e. The number of hydrogen-bond donors (Lipinski definition) is 1. The van der Waals surface area contributed by atoms with Gasteiger partial charge in [-0.3, -0.25) is 10.1 Å². The second-order valence-electron chi connectivity index (χ2n) is 7.66. The van der Waals surface area contributed by atoms with Crippen LogP contribution >= 0.6 is 0 Å². The monoisotopic (exact) mass is 432 g/mol. The summed E-state index contributed by atoms with van der Waals surface area (Å²) in [5.74, 6) is 0.418. The van der Waals surface area contributed by atoms with Crippen LogP contribution in [0.3, 0.4) is 0 Å². The van der Waals surface area contributed by atoms with E-state index < -0.39 is 5.91 Å². The quantitative estimate of drug-likeness (QED) is 0.460. The van der Waals surface area contributed by atoms with Crippen molar-refractivity contribution in [1.82, 2.24) is 5.32 Å². The topological polar surface area (TPSA) is 71.3 Å². The maximum absolute atomic E-state index is 13.2. The number of carbonyl (C=O) groups excluding carboxylic acids is 1. The zero-order valence-corrected chi connectivity index (χ0v) is 17.9. The van der Waals surface area contributed by atoms with E-state index in [2.05, 4.69) is 11.4 Å². The van der Waals surface area contributed by atoms with Crippen molar-refractivity contribution in [2.24, 2.45) is 0 Å². The Labute approximate surface area is 191 Å². The molecule has 0 saturated carbocycles. The minimum atomic E-state index is -0.411. The number of amides is 1. The van der Waals surface area contributed by atoms with Crippen LogP contribution in [0.5, 0.6) is 11.5 Å². The number of fused-ring (bicyclic) bond motifs is 3. The molecule has 4 aromatic rings. The van der Waals surface area contributed by atoms with Crippen molar-refractivity contribution in [2.45, 2.75) is 5.92 Å². The zero-order valence-electron chi connectivity index (χ0n) is 17.9. The largest absolute Gasteiger partial charge is 0.496 e. The van der Waals surface area contributed by atoms with E-state index in [1.54, 1.807) is 24.3 Å². The summed E-state index contributed by atoms with van der Waals surface area (Å²) in [7, 11) is 1.51. The molecule has 0 radical (unpaired) electrons. The molecule has 33 heavy (non-hydrogen) atoms. The molecule has 1 aliphatic rings. The molecule has 5 rings (SSSR count). The minimum absolute atomic E-state index is 0.131. The van der Waals surface area contributed by atoms with E-state index in [9.17, 15) is 10.1 Å². The van der Waals surface area contributed by atoms with Crippen LogP contribution in [0.4, 0.5) is 0 Å². The second kappa shape index (κ2) is 8.52. The molecule has 1 N–H and O–H groups in total. The number of carbonyl (C=O) groups is 1. The lowest BCUT2D eigenvalue weighted by molar-refractivity contribution is 0.0945. The van der Waals surface area contributed by atoms with E-state index in [0.29, 0.717) is 22.6 Å². The lowest BCUT2D eigenvalue weighted by Crippen LogP contribution is -2.31. The Morgan fingerprint density at radius 1 is 0.939 bits per heavy atom. The van der Waals surface area contributed by atoms with Gasteiger partial charge in [0.2, 0.25) is 5.88 Å². The van der Waals surface area contributed by atoms with E-state index in [4.69, 9.17) is 9.47 Å². The summed E-state index contributed by atoms with van der Waals surface area (Å²) in [6.07, 6.45) is 0. The standard InChI is InChI=1S/C28H20N2O3/c1-32-24-14-8-7-13-21(24)27(31)30-28-23(17-29)25(19-10-3-2-4-11-19)22-16-15-18-9-5-6-12-20(18)26(22)33-28/h2-16,25H,1H3,(H,30,31)/t25-/m1/s1. The summed E-state index contributed by atoms with van der Waals surface area (Å²) in [5.41, 5.74) is 2.52. The zero-order chi connectivity index (χ0) is 22.8. The average Bonchev–Trinajstić information content (AvgIpc) is 2.88. The first-order valence-electron chi connectivity index (χ1n) is 10.5. The van der Waals surface area contributed by atoms with Gasteiger partial charge in [-0.05, 0) is 23.1 Å². The number of nitrogens with zero attached hydrogens (tertiary/aromatic N) is 1. The second-order valence-corrected chi connectivity index (χ2v) is 7.66. The molecule has 0 unspecified atom stereocenters. The van der Waals surface area contributed by atoms with Gasteiger partial charge in [-0.2, -0.15) is 5.26 Å². The molecular weight excluding hydrogens is 412 g/mol. The van der Waals surface area contributed by atoms with Gasteiger partial charge in [0.05, 0.1) is 18.6 Å². The van der Waals surface area contributed by atoms with Crippen LogP contribution in [0.1, 0.15) is 27.4 Å². The van der Waals surface area contributed by atoms with Crippen LogP contribution in [0, 0.1) is 11.3 Å². The van der Waals surface area contributed by atoms with Crippen LogP contribution in [0.2, 0.25) is 0 Å². The Balaban J connectivity index is 1.67. The first kappa shape index (κ1) is 20.3. The molecule has 0 aromatic heterocycles. The summed E-state index contributed by atoms with van der Waals surface area (Å²) < 4.78 is 11.6. The fourth-order valence-corrected chi connectivity index (χ4v) is 4.25. The van der Waals surface area contributed by atoms with E-state index in [0.717, 1.165) is 21.9 Å². The van der Waals surface area contributed by atoms with E-state index >= 15 is 0 Å². The lowest BCUT2D eigenvalue weighted by Gasteiger charge is -2.29. The van der Waals surface area contributed by atoms with E-state index in [1.807, 2.05) is 66.7 Å². The molecule has 0 bridgehead atoms. The van der Waals surface area contributed by atoms with Crippen molar-refractivity contribution in [3.63, 3.8) is 0 Å². The predicted molar refractivity (Wildman–Crippen MR) is 126 cm³/mol. The number of benzene rings is 4. The first-order valence-corrected chi connectivity index (χ1v) is 10.5. The van der Waals surface area contributed by atoms with Crippen LogP contribution in [0.15, 0.2) is 102 Å². The Morgan fingerprint density at radius 3 is 2.45 bits per heavy atom. The molecule has 0 aliphatic carbocycles. The van der Waals surface area contributed by atoms with Crippen LogP contribution in [0.25, 0.3) is 10.8 Å². The van der Waals surface area contributed by atoms with Gasteiger partial charge in [-0.15, -0.1) is 0 Å². The molecule has 1 amide bonds. The number of allylic oxidation sites excluding steroid dienone is 1. The highest BCUT2D eigenvalue weighted by Gasteiger charge is 2.33. The molecule has 4 aromatic carbocycles. The summed E-state index contributed by atoms with van der Waals surface area (Å²) >= 11 is 0. The summed E-state index contributed by atoms with van der Waals surface area (Å²) in [6, 6.07) is 30.9. The van der Waals surface area contributed by atoms with Crippen LogP contribution in [-0.2, 0) is 0 Å². The number of methoxy groups -OCH3 is 1. The summed E-state index contributed by atoms with van der Waals surface area (Å²) in [5, 5.41) is 14.9. The average molecular weight is 432 g/mol. The first-order chi connectivity index (χ1) is 16.2. The van der Waals surface area contributed by atoms with Crippen molar-refractivity contribution in [2.75, 3.05) is 7.11 Å². The molecule has 0 saturated heterocycles. The van der Waals surface area contributed by atoms with Gasteiger partial charge in [0.25, 0.3) is 5.91 Å². The molecule has 5 heteroatoms. The Morgan fingerprint density at radius 2 is 1.67 bits per heavy atom. The molecule has 1 heterocycles. The third-order valence-electron chi connectivity index (χ3n) is 5.79. The van der Waals surface area contributed by atoms with Gasteiger partial charge in [0, 0.05) is 10.9 Å². The van der Waals surface area contributed by atoms with Gasteiger partial charge < -0.3 is 9.47 Å². The third kappa shape index (κ3) is 3.58. The van der Waals surface area contributed by atoms with E-state index in [-0.39, 0.29) is 11.8 Å². The van der Waals surface area contributed by atoms with Crippen molar-refractivity contribution >= 4 is 16.7 Å². The van der Waals surface area contributed by atoms with Crippen LogP contribution in [-0.4, -0.2) is 13.0 Å². The number of para-hydroxylation sites is 1. The molecular formula is C28H20N2O3. The highest BCUT2D eigenvalue weighted by atomic mass is 16.5. The van der Waals surface area contributed by atoms with Crippen molar-refractivity contribution < 1.29 is 14.3 Å². The number of nitrogens with one attached hydrogen (secondary N) is 1. The SMILES string of the molecule is COc1ccccc1C(=O)NC1=C(C#N)[C@H](c2ccccc2)c2ccc3ccccc3c2O1. The Kier molecular flexibility index (Phi) is 5.26. The van der Waals surface area contributed by atoms with Gasteiger partial charge in [0.1, 0.15) is 23.1 Å².